The number of alkyl halides is 2. The number of benzene rings is 2. The van der Waals surface area contributed by atoms with Gasteiger partial charge < -0.3 is 9.47 Å². The van der Waals surface area contributed by atoms with Crippen LogP contribution in [0.2, 0.25) is 0 Å². The Labute approximate surface area is 150 Å². The summed E-state index contributed by atoms with van der Waals surface area (Å²) in [7, 11) is 0. The third-order valence-electron chi connectivity index (χ3n) is 3.10. The quantitative estimate of drug-likeness (QED) is 0.413. The second-order valence-corrected chi connectivity index (χ2v) is 5.63. The number of ether oxygens (including phenoxy) is 2. The van der Waals surface area contributed by atoms with Gasteiger partial charge in [0.15, 0.2) is 0 Å². The summed E-state index contributed by atoms with van der Waals surface area (Å²) in [6.07, 6.45) is 0.348. The molecule has 6 heteroatoms. The minimum absolute atomic E-state index is 0.174. The maximum absolute atomic E-state index is 11.4. The fourth-order valence-electron chi connectivity index (χ4n) is 1.95. The Bertz CT molecular complexity index is 620. The van der Waals surface area contributed by atoms with E-state index in [0.717, 1.165) is 11.1 Å². The summed E-state index contributed by atoms with van der Waals surface area (Å²) in [4.78, 5) is 22.8. The predicted octanol–water partition coefficient (Wildman–Crippen LogP) is 4.42. The minimum atomic E-state index is -0.360. The van der Waals surface area contributed by atoms with Crippen LogP contribution < -0.4 is 9.47 Å². The summed E-state index contributed by atoms with van der Waals surface area (Å²) in [6, 6.07) is 14.3. The zero-order valence-electron chi connectivity index (χ0n) is 12.8. The largest absolute Gasteiger partial charge is 0.426 e. The van der Waals surface area contributed by atoms with E-state index in [2.05, 4.69) is 0 Å². The number of halogens is 2. The third-order valence-corrected chi connectivity index (χ3v) is 3.48. The molecule has 126 valence electrons. The summed E-state index contributed by atoms with van der Waals surface area (Å²) >= 11 is 11.0. The van der Waals surface area contributed by atoms with E-state index in [9.17, 15) is 9.59 Å². The van der Waals surface area contributed by atoms with Crippen LogP contribution in [0, 0.1) is 0 Å². The van der Waals surface area contributed by atoms with Gasteiger partial charge in [0, 0.05) is 11.8 Å². The van der Waals surface area contributed by atoms with E-state index in [4.69, 9.17) is 32.7 Å². The first kappa shape index (κ1) is 18.3. The monoisotopic (exact) mass is 366 g/mol. The second kappa shape index (κ2) is 9.30. The summed E-state index contributed by atoms with van der Waals surface area (Å²) in [6.45, 7) is 0. The van der Waals surface area contributed by atoms with Crippen LogP contribution in [0.1, 0.15) is 12.8 Å². The highest BCUT2D eigenvalue weighted by Gasteiger charge is 2.06. The molecule has 0 fully saturated rings. The number of esters is 2. The van der Waals surface area contributed by atoms with Gasteiger partial charge in [-0.3, -0.25) is 9.59 Å². The van der Waals surface area contributed by atoms with Gasteiger partial charge in [0.1, 0.15) is 11.5 Å². The van der Waals surface area contributed by atoms with Gasteiger partial charge in [-0.25, -0.2) is 0 Å². The number of hydrogen-bond acceptors (Lipinski definition) is 4. The van der Waals surface area contributed by atoms with Crippen LogP contribution in [0.3, 0.4) is 0 Å². The maximum Gasteiger partial charge on any atom is 0.312 e. The SMILES string of the molecule is O=C(CCCl)Oc1ccc(-c2ccc(OC(=O)CCCl)cc2)cc1. The Morgan fingerprint density at radius 1 is 0.667 bits per heavy atom. The first-order valence-electron chi connectivity index (χ1n) is 7.36. The molecule has 0 radical (unpaired) electrons. The lowest BCUT2D eigenvalue weighted by molar-refractivity contribution is -0.134. The van der Waals surface area contributed by atoms with Crippen molar-refractivity contribution in [2.75, 3.05) is 11.8 Å². The Morgan fingerprint density at radius 2 is 1.00 bits per heavy atom. The molecule has 0 N–H and O–H groups in total. The molecule has 0 spiro atoms. The average Bonchev–Trinajstić information content (AvgIpc) is 2.57. The van der Waals surface area contributed by atoms with Gasteiger partial charge in [0.25, 0.3) is 0 Å². The molecule has 0 aliphatic rings. The fraction of sp³-hybridized carbons (Fsp3) is 0.222. The summed E-state index contributed by atoms with van der Waals surface area (Å²) in [5, 5.41) is 0. The van der Waals surface area contributed by atoms with Crippen molar-refractivity contribution in [2.45, 2.75) is 12.8 Å². The Balaban J connectivity index is 2.01. The molecule has 0 saturated heterocycles. The standard InChI is InChI=1S/C18H16Cl2O4/c19-11-9-17(21)23-15-5-1-13(2-6-15)14-3-7-16(8-4-14)24-18(22)10-12-20/h1-8H,9-12H2. The van der Waals surface area contributed by atoms with Crippen molar-refractivity contribution in [3.8, 4) is 22.6 Å². The van der Waals surface area contributed by atoms with E-state index >= 15 is 0 Å². The smallest absolute Gasteiger partial charge is 0.312 e. The molecule has 2 aromatic carbocycles. The van der Waals surface area contributed by atoms with Crippen molar-refractivity contribution in [3.63, 3.8) is 0 Å². The molecule has 24 heavy (non-hydrogen) atoms. The molecule has 0 aromatic heterocycles. The summed E-state index contributed by atoms with van der Waals surface area (Å²) < 4.78 is 10.3. The van der Waals surface area contributed by atoms with Gasteiger partial charge in [-0.2, -0.15) is 0 Å². The zero-order valence-corrected chi connectivity index (χ0v) is 14.3. The van der Waals surface area contributed by atoms with Crippen molar-refractivity contribution >= 4 is 35.1 Å². The zero-order chi connectivity index (χ0) is 17.4. The molecular weight excluding hydrogens is 351 g/mol. The van der Waals surface area contributed by atoms with Gasteiger partial charge in [0.2, 0.25) is 0 Å². The lowest BCUT2D eigenvalue weighted by atomic mass is 10.1. The number of carbonyl (C=O) groups excluding carboxylic acids is 2. The molecule has 0 bridgehead atoms. The van der Waals surface area contributed by atoms with Crippen molar-refractivity contribution in [3.05, 3.63) is 48.5 Å². The molecule has 2 aromatic rings. The molecule has 2 rings (SSSR count). The lowest BCUT2D eigenvalue weighted by Gasteiger charge is -2.07. The van der Waals surface area contributed by atoms with Crippen LogP contribution in [0.5, 0.6) is 11.5 Å². The van der Waals surface area contributed by atoms with Crippen molar-refractivity contribution in [1.29, 1.82) is 0 Å². The molecular formula is C18H16Cl2O4. The van der Waals surface area contributed by atoms with E-state index in [-0.39, 0.29) is 36.5 Å². The van der Waals surface area contributed by atoms with E-state index in [1.165, 1.54) is 0 Å². The van der Waals surface area contributed by atoms with Crippen LogP contribution in [-0.2, 0) is 9.59 Å². The minimum Gasteiger partial charge on any atom is -0.426 e. The average molecular weight is 367 g/mol. The van der Waals surface area contributed by atoms with Crippen LogP contribution in [0.15, 0.2) is 48.5 Å². The molecule has 0 aliphatic carbocycles. The molecule has 0 unspecified atom stereocenters. The highest BCUT2D eigenvalue weighted by atomic mass is 35.5. The third kappa shape index (κ3) is 5.55. The van der Waals surface area contributed by atoms with Crippen LogP contribution in [0.4, 0.5) is 0 Å². The normalized spacial score (nSPS) is 10.2. The van der Waals surface area contributed by atoms with E-state index in [1.54, 1.807) is 24.3 Å². The predicted molar refractivity (Wildman–Crippen MR) is 93.8 cm³/mol. The maximum atomic E-state index is 11.4. The Morgan fingerprint density at radius 3 is 1.29 bits per heavy atom. The molecule has 0 aliphatic heterocycles. The lowest BCUT2D eigenvalue weighted by Crippen LogP contribution is -2.08. The highest BCUT2D eigenvalue weighted by Crippen LogP contribution is 2.25. The van der Waals surface area contributed by atoms with E-state index in [1.807, 2.05) is 24.3 Å². The number of carbonyl (C=O) groups is 2. The molecule has 0 atom stereocenters. The van der Waals surface area contributed by atoms with Crippen molar-refractivity contribution < 1.29 is 19.1 Å². The molecule has 0 heterocycles. The van der Waals surface area contributed by atoms with Gasteiger partial charge in [-0.15, -0.1) is 23.2 Å². The van der Waals surface area contributed by atoms with Gasteiger partial charge in [0.05, 0.1) is 12.8 Å². The second-order valence-electron chi connectivity index (χ2n) is 4.87. The van der Waals surface area contributed by atoms with Crippen molar-refractivity contribution in [1.82, 2.24) is 0 Å². The molecule has 0 saturated carbocycles. The topological polar surface area (TPSA) is 52.6 Å². The number of hydrogen-bond donors (Lipinski definition) is 0. The summed E-state index contributed by atoms with van der Waals surface area (Å²) in [5.74, 6) is 0.694. The van der Waals surface area contributed by atoms with Gasteiger partial charge in [-0.05, 0) is 35.4 Å². The van der Waals surface area contributed by atoms with Crippen molar-refractivity contribution in [2.24, 2.45) is 0 Å². The molecule has 0 amide bonds. The molecule has 4 nitrogen and oxygen atoms in total. The Hall–Kier alpha value is -2.04. The van der Waals surface area contributed by atoms with E-state index in [0.29, 0.717) is 11.5 Å². The van der Waals surface area contributed by atoms with E-state index < -0.39 is 0 Å². The fourth-order valence-corrected chi connectivity index (χ4v) is 2.26. The first-order valence-corrected chi connectivity index (χ1v) is 8.43. The van der Waals surface area contributed by atoms with Crippen LogP contribution in [0.25, 0.3) is 11.1 Å². The van der Waals surface area contributed by atoms with Gasteiger partial charge >= 0.3 is 11.9 Å². The van der Waals surface area contributed by atoms with Crippen LogP contribution in [-0.4, -0.2) is 23.7 Å². The van der Waals surface area contributed by atoms with Gasteiger partial charge in [-0.1, -0.05) is 24.3 Å². The highest BCUT2D eigenvalue weighted by molar-refractivity contribution is 6.19. The summed E-state index contributed by atoms with van der Waals surface area (Å²) in [5.41, 5.74) is 1.90. The first-order chi connectivity index (χ1) is 11.6. The van der Waals surface area contributed by atoms with Crippen LogP contribution >= 0.6 is 23.2 Å². The number of rotatable bonds is 7. The Kier molecular flexibility index (Phi) is 7.09.